The fraction of sp³-hybridized carbons (Fsp3) is 0.217. The van der Waals surface area contributed by atoms with E-state index in [1.807, 2.05) is 0 Å². The predicted octanol–water partition coefficient (Wildman–Crippen LogP) is 3.98. The lowest BCUT2D eigenvalue weighted by Crippen LogP contribution is -2.27. The van der Waals surface area contributed by atoms with Gasteiger partial charge in [-0.1, -0.05) is 12.1 Å². The first-order valence-corrected chi connectivity index (χ1v) is 13.1. The maximum atomic E-state index is 12.6. The second-order valence-electron chi connectivity index (χ2n) is 8.29. The van der Waals surface area contributed by atoms with Gasteiger partial charge < -0.3 is 5.32 Å². The van der Waals surface area contributed by atoms with Gasteiger partial charge in [-0.2, -0.15) is 0 Å². The number of hydrogen-bond acceptors (Lipinski definition) is 6. The summed E-state index contributed by atoms with van der Waals surface area (Å²) in [7, 11) is -6.94. The molecule has 2 aromatic carbocycles. The molecule has 168 valence electrons. The zero-order chi connectivity index (χ0) is 23.7. The van der Waals surface area contributed by atoms with E-state index in [0.717, 1.165) is 6.26 Å². The molecule has 0 unspecified atom stereocenters. The quantitative estimate of drug-likeness (QED) is 0.601. The summed E-state index contributed by atoms with van der Waals surface area (Å²) in [5, 5.41) is 2.73. The van der Waals surface area contributed by atoms with Crippen LogP contribution in [-0.2, 0) is 19.7 Å². The van der Waals surface area contributed by atoms with Crippen molar-refractivity contribution in [2.45, 2.75) is 35.3 Å². The van der Waals surface area contributed by atoms with E-state index in [9.17, 15) is 21.6 Å². The lowest BCUT2D eigenvalue weighted by atomic mass is 10.1. The van der Waals surface area contributed by atoms with E-state index in [-0.39, 0.29) is 15.7 Å². The van der Waals surface area contributed by atoms with Gasteiger partial charge in [-0.25, -0.2) is 16.8 Å². The first-order valence-electron chi connectivity index (χ1n) is 9.72. The van der Waals surface area contributed by atoms with Crippen LogP contribution in [0.3, 0.4) is 0 Å². The molecule has 3 rings (SSSR count). The third-order valence-electron chi connectivity index (χ3n) is 4.82. The van der Waals surface area contributed by atoms with Crippen LogP contribution in [0.15, 0.2) is 76.7 Å². The van der Waals surface area contributed by atoms with E-state index < -0.39 is 24.4 Å². The maximum absolute atomic E-state index is 12.6. The summed E-state index contributed by atoms with van der Waals surface area (Å²) in [6.07, 6.45) is 2.63. The van der Waals surface area contributed by atoms with Crippen LogP contribution >= 0.6 is 0 Å². The first-order chi connectivity index (χ1) is 14.8. The third-order valence-corrected chi connectivity index (χ3v) is 8.45. The number of nitrogens with zero attached hydrogens (tertiary/aromatic N) is 1. The fourth-order valence-electron chi connectivity index (χ4n) is 2.96. The molecule has 1 aromatic heterocycles. The number of benzene rings is 2. The molecule has 0 atom stereocenters. The molecule has 0 aliphatic rings. The molecule has 1 heterocycles. The fourth-order valence-corrected chi connectivity index (χ4v) is 5.01. The number of pyridine rings is 1. The van der Waals surface area contributed by atoms with Gasteiger partial charge in [0.15, 0.2) is 19.7 Å². The Morgan fingerprint density at radius 1 is 0.875 bits per heavy atom. The van der Waals surface area contributed by atoms with E-state index in [1.165, 1.54) is 36.5 Å². The van der Waals surface area contributed by atoms with Crippen molar-refractivity contribution in [3.8, 4) is 11.3 Å². The third kappa shape index (κ3) is 4.89. The van der Waals surface area contributed by atoms with Crippen molar-refractivity contribution in [2.24, 2.45) is 0 Å². The largest absolute Gasteiger partial charge is 0.322 e. The smallest absolute Gasteiger partial charge is 0.255 e. The Balaban J connectivity index is 1.80. The summed E-state index contributed by atoms with van der Waals surface area (Å²) in [5.74, 6) is -0.382. The second-order valence-corrected chi connectivity index (χ2v) is 13.0. The zero-order valence-electron chi connectivity index (χ0n) is 18.2. The summed E-state index contributed by atoms with van der Waals surface area (Å²) in [6, 6.07) is 15.5. The van der Waals surface area contributed by atoms with E-state index in [0.29, 0.717) is 22.5 Å². The SMILES string of the molecule is CC(C)(C)S(=O)(=O)c1ccc(NC(=O)c2ccc(-c3ncccc3S(C)(=O)=O)cc2)cc1. The number of carbonyl (C=O) groups excluding carboxylic acids is 1. The Kier molecular flexibility index (Phi) is 6.26. The molecule has 1 amide bonds. The summed E-state index contributed by atoms with van der Waals surface area (Å²) in [5.41, 5.74) is 1.70. The van der Waals surface area contributed by atoms with Gasteiger partial charge in [0.05, 0.1) is 20.2 Å². The lowest BCUT2D eigenvalue weighted by molar-refractivity contribution is 0.102. The van der Waals surface area contributed by atoms with Crippen LogP contribution in [0.25, 0.3) is 11.3 Å². The number of aromatic nitrogens is 1. The molecule has 0 saturated heterocycles. The summed E-state index contributed by atoms with van der Waals surface area (Å²) in [4.78, 5) is 17.1. The minimum absolute atomic E-state index is 0.113. The van der Waals surface area contributed by atoms with Crippen molar-refractivity contribution in [1.29, 1.82) is 0 Å². The van der Waals surface area contributed by atoms with Gasteiger partial charge in [0.1, 0.15) is 0 Å². The van der Waals surface area contributed by atoms with Crippen molar-refractivity contribution >= 4 is 31.3 Å². The van der Waals surface area contributed by atoms with Crippen molar-refractivity contribution in [1.82, 2.24) is 4.98 Å². The van der Waals surface area contributed by atoms with E-state index in [4.69, 9.17) is 0 Å². The topological polar surface area (TPSA) is 110 Å². The van der Waals surface area contributed by atoms with Gasteiger partial charge in [-0.15, -0.1) is 0 Å². The van der Waals surface area contributed by atoms with Crippen LogP contribution in [0.1, 0.15) is 31.1 Å². The minimum atomic E-state index is -3.48. The van der Waals surface area contributed by atoms with Crippen LogP contribution in [0.2, 0.25) is 0 Å². The minimum Gasteiger partial charge on any atom is -0.322 e. The molecular formula is C23H24N2O5S2. The molecular weight excluding hydrogens is 448 g/mol. The maximum Gasteiger partial charge on any atom is 0.255 e. The Bertz CT molecular complexity index is 1360. The molecule has 0 radical (unpaired) electrons. The number of amides is 1. The molecule has 32 heavy (non-hydrogen) atoms. The molecule has 0 spiro atoms. The highest BCUT2D eigenvalue weighted by atomic mass is 32.2. The average Bonchev–Trinajstić information content (AvgIpc) is 2.73. The molecule has 0 aliphatic heterocycles. The number of carbonyl (C=O) groups is 1. The predicted molar refractivity (Wildman–Crippen MR) is 124 cm³/mol. The monoisotopic (exact) mass is 472 g/mol. The number of nitrogens with one attached hydrogen (secondary N) is 1. The van der Waals surface area contributed by atoms with Gasteiger partial charge in [0.25, 0.3) is 5.91 Å². The van der Waals surface area contributed by atoms with E-state index in [2.05, 4.69) is 10.3 Å². The standard InChI is InChI=1S/C23H24N2O5S2/c1-23(2,3)32(29,30)19-13-11-18(12-14-19)25-22(26)17-9-7-16(8-10-17)21-20(31(4,27)28)6-5-15-24-21/h5-15H,1-4H3,(H,25,26). The van der Waals surface area contributed by atoms with Gasteiger partial charge in [-0.3, -0.25) is 9.78 Å². The molecule has 0 aliphatic carbocycles. The van der Waals surface area contributed by atoms with Crippen LogP contribution < -0.4 is 5.32 Å². The molecule has 0 saturated carbocycles. The Morgan fingerprint density at radius 2 is 1.47 bits per heavy atom. The highest BCUT2D eigenvalue weighted by Gasteiger charge is 2.30. The van der Waals surface area contributed by atoms with Crippen molar-refractivity contribution in [3.63, 3.8) is 0 Å². The zero-order valence-corrected chi connectivity index (χ0v) is 19.8. The molecule has 3 aromatic rings. The normalized spacial score (nSPS) is 12.4. The Hall–Kier alpha value is -3.04. The van der Waals surface area contributed by atoms with Gasteiger partial charge in [-0.05, 0) is 69.3 Å². The van der Waals surface area contributed by atoms with Crippen LogP contribution in [0.5, 0.6) is 0 Å². The van der Waals surface area contributed by atoms with Crippen molar-refractivity contribution in [3.05, 3.63) is 72.4 Å². The highest BCUT2D eigenvalue weighted by Crippen LogP contribution is 2.27. The first kappa shape index (κ1) is 23.6. The lowest BCUT2D eigenvalue weighted by Gasteiger charge is -2.19. The van der Waals surface area contributed by atoms with Gasteiger partial charge in [0, 0.05) is 29.3 Å². The average molecular weight is 473 g/mol. The molecule has 1 N–H and O–H groups in total. The highest BCUT2D eigenvalue weighted by molar-refractivity contribution is 7.92. The molecule has 7 nitrogen and oxygen atoms in total. The van der Waals surface area contributed by atoms with Crippen LogP contribution in [0, 0.1) is 0 Å². The van der Waals surface area contributed by atoms with Crippen molar-refractivity contribution < 1.29 is 21.6 Å². The number of rotatable bonds is 5. The number of sulfone groups is 2. The van der Waals surface area contributed by atoms with Crippen LogP contribution in [0.4, 0.5) is 5.69 Å². The Morgan fingerprint density at radius 3 is 2.00 bits per heavy atom. The van der Waals surface area contributed by atoms with Crippen molar-refractivity contribution in [2.75, 3.05) is 11.6 Å². The Labute approximate surface area is 188 Å². The van der Waals surface area contributed by atoms with Gasteiger partial charge >= 0.3 is 0 Å². The molecule has 0 bridgehead atoms. The second kappa shape index (κ2) is 8.48. The van der Waals surface area contributed by atoms with Gasteiger partial charge in [0.2, 0.25) is 0 Å². The summed E-state index contributed by atoms with van der Waals surface area (Å²) >= 11 is 0. The van der Waals surface area contributed by atoms with E-state index >= 15 is 0 Å². The summed E-state index contributed by atoms with van der Waals surface area (Å²) in [6.45, 7) is 4.89. The van der Waals surface area contributed by atoms with Crippen LogP contribution in [-0.4, -0.2) is 38.7 Å². The van der Waals surface area contributed by atoms with E-state index in [1.54, 1.807) is 51.1 Å². The molecule has 9 heteroatoms. The summed E-state index contributed by atoms with van der Waals surface area (Å²) < 4.78 is 48.1. The molecule has 0 fully saturated rings. The number of hydrogen-bond donors (Lipinski definition) is 1. The number of anilines is 1.